The first-order chi connectivity index (χ1) is 18.2. The quantitative estimate of drug-likeness (QED) is 0.255. The van der Waals surface area contributed by atoms with Gasteiger partial charge in [-0.25, -0.2) is 4.98 Å². The first-order valence-electron chi connectivity index (χ1n) is 12.9. The topological polar surface area (TPSA) is 38.0 Å². The fourth-order valence-corrected chi connectivity index (χ4v) is 5.74. The highest BCUT2D eigenvalue weighted by atomic mass is 16.3. The molecule has 0 amide bonds. The highest BCUT2D eigenvalue weighted by Gasteiger charge is 2.40. The van der Waals surface area contributed by atoms with Crippen molar-refractivity contribution >= 4 is 6.08 Å². The number of rotatable bonds is 7. The van der Waals surface area contributed by atoms with Gasteiger partial charge in [-0.15, -0.1) is 0 Å². The molecule has 3 heteroatoms. The molecule has 1 aliphatic rings. The summed E-state index contributed by atoms with van der Waals surface area (Å²) in [5.74, 6) is 0. The van der Waals surface area contributed by atoms with Gasteiger partial charge in [-0.1, -0.05) is 122 Å². The van der Waals surface area contributed by atoms with Crippen LogP contribution >= 0.6 is 0 Å². The molecule has 182 valence electrons. The van der Waals surface area contributed by atoms with E-state index in [4.69, 9.17) is 4.98 Å². The van der Waals surface area contributed by atoms with Crippen molar-refractivity contribution in [3.63, 3.8) is 0 Å². The van der Waals surface area contributed by atoms with E-state index in [1.807, 2.05) is 43.7 Å². The minimum Gasteiger partial charge on any atom is -0.379 e. The van der Waals surface area contributed by atoms with Gasteiger partial charge in [-0.05, 0) is 52.3 Å². The third kappa shape index (κ3) is 3.75. The van der Waals surface area contributed by atoms with Crippen molar-refractivity contribution in [1.29, 1.82) is 0 Å². The van der Waals surface area contributed by atoms with Crippen LogP contribution in [0.3, 0.4) is 0 Å². The van der Waals surface area contributed by atoms with E-state index >= 15 is 0 Å². The van der Waals surface area contributed by atoms with E-state index in [1.165, 1.54) is 11.1 Å². The standard InChI is InChI=1S/C34H30N2O/c1-2-33(37,31-22-21-26-13-12-14-27(26)23-31)32-24-36(25-35-32)34(28-15-6-3-7-16-28,29-17-8-4-9-18-29)30-19-10-5-11-20-30/h3-12,14-25,37H,2,13H2,1H3. The van der Waals surface area contributed by atoms with Crippen LogP contribution in [0.25, 0.3) is 6.08 Å². The fourth-order valence-electron chi connectivity index (χ4n) is 5.74. The third-order valence-electron chi connectivity index (χ3n) is 7.74. The molecule has 0 bridgehead atoms. The van der Waals surface area contributed by atoms with Crippen molar-refractivity contribution in [2.45, 2.75) is 30.9 Å². The van der Waals surface area contributed by atoms with Crippen molar-refractivity contribution in [2.24, 2.45) is 0 Å². The number of hydrogen-bond acceptors (Lipinski definition) is 2. The SMILES string of the molecule is CCC(O)(c1ccc2c(c1)C=CC2)c1cn(C(c2ccccc2)(c2ccccc2)c2ccccc2)cn1. The van der Waals surface area contributed by atoms with Gasteiger partial charge in [0.15, 0.2) is 0 Å². The second kappa shape index (κ2) is 9.34. The number of nitrogens with zero attached hydrogens (tertiary/aromatic N) is 2. The molecule has 0 spiro atoms. The van der Waals surface area contributed by atoms with Gasteiger partial charge in [0.2, 0.25) is 0 Å². The summed E-state index contributed by atoms with van der Waals surface area (Å²) in [5, 5.41) is 12.1. The van der Waals surface area contributed by atoms with E-state index in [2.05, 4.69) is 102 Å². The molecule has 6 rings (SSSR count). The predicted octanol–water partition coefficient (Wildman–Crippen LogP) is 6.94. The summed E-state index contributed by atoms with van der Waals surface area (Å²) >= 11 is 0. The number of allylic oxidation sites excluding steroid dienone is 1. The average Bonchev–Trinajstić information content (AvgIpc) is 3.65. The Hall–Kier alpha value is -4.21. The van der Waals surface area contributed by atoms with Crippen LogP contribution in [0.4, 0.5) is 0 Å². The normalized spacial score (nSPS) is 14.3. The van der Waals surface area contributed by atoms with Gasteiger partial charge in [-0.2, -0.15) is 0 Å². The predicted molar refractivity (Wildman–Crippen MR) is 149 cm³/mol. The molecule has 0 aliphatic heterocycles. The maximum Gasteiger partial charge on any atom is 0.133 e. The Morgan fingerprint density at radius 1 is 0.757 bits per heavy atom. The molecule has 0 saturated heterocycles. The van der Waals surface area contributed by atoms with E-state index < -0.39 is 11.1 Å². The smallest absolute Gasteiger partial charge is 0.133 e. The van der Waals surface area contributed by atoms with Crippen LogP contribution in [0, 0.1) is 0 Å². The van der Waals surface area contributed by atoms with Gasteiger partial charge >= 0.3 is 0 Å². The number of fused-ring (bicyclic) bond motifs is 1. The monoisotopic (exact) mass is 482 g/mol. The minimum atomic E-state index is -1.20. The number of aliphatic hydroxyl groups is 1. The summed E-state index contributed by atoms with van der Waals surface area (Å²) in [6.07, 6.45) is 9.67. The van der Waals surface area contributed by atoms with Crippen LogP contribution in [0.5, 0.6) is 0 Å². The second-order valence-corrected chi connectivity index (χ2v) is 9.71. The van der Waals surface area contributed by atoms with E-state index in [0.717, 1.165) is 28.7 Å². The maximum atomic E-state index is 12.1. The molecule has 1 heterocycles. The van der Waals surface area contributed by atoms with Gasteiger partial charge in [0.1, 0.15) is 11.1 Å². The summed E-state index contributed by atoms with van der Waals surface area (Å²) < 4.78 is 2.16. The molecule has 0 saturated carbocycles. The Labute approximate surface area is 218 Å². The molecule has 1 aliphatic carbocycles. The molecule has 4 aromatic carbocycles. The number of aromatic nitrogens is 2. The Morgan fingerprint density at radius 3 is 1.86 bits per heavy atom. The van der Waals surface area contributed by atoms with Crippen LogP contribution in [-0.2, 0) is 17.6 Å². The zero-order valence-corrected chi connectivity index (χ0v) is 21.0. The van der Waals surface area contributed by atoms with Gasteiger partial charge in [0.25, 0.3) is 0 Å². The van der Waals surface area contributed by atoms with Crippen molar-refractivity contribution in [3.05, 3.63) is 167 Å². The second-order valence-electron chi connectivity index (χ2n) is 9.71. The van der Waals surface area contributed by atoms with Crippen molar-refractivity contribution in [3.8, 4) is 0 Å². The van der Waals surface area contributed by atoms with Crippen LogP contribution in [0.2, 0.25) is 0 Å². The van der Waals surface area contributed by atoms with Crippen molar-refractivity contribution in [1.82, 2.24) is 9.55 Å². The summed E-state index contributed by atoms with van der Waals surface area (Å²) in [4.78, 5) is 4.87. The van der Waals surface area contributed by atoms with E-state index in [9.17, 15) is 5.11 Å². The maximum absolute atomic E-state index is 12.1. The molecular weight excluding hydrogens is 452 g/mol. The molecule has 37 heavy (non-hydrogen) atoms. The van der Waals surface area contributed by atoms with E-state index in [0.29, 0.717) is 12.1 Å². The summed E-state index contributed by atoms with van der Waals surface area (Å²) in [7, 11) is 0. The highest BCUT2D eigenvalue weighted by Crippen LogP contribution is 2.42. The van der Waals surface area contributed by atoms with Crippen LogP contribution in [0.15, 0.2) is 128 Å². The van der Waals surface area contributed by atoms with E-state index in [1.54, 1.807) is 0 Å². The van der Waals surface area contributed by atoms with Crippen molar-refractivity contribution < 1.29 is 5.11 Å². The highest BCUT2D eigenvalue weighted by molar-refractivity contribution is 5.61. The zero-order chi connectivity index (χ0) is 25.3. The fraction of sp³-hybridized carbons (Fsp3) is 0.147. The number of hydrogen-bond donors (Lipinski definition) is 1. The molecule has 1 N–H and O–H groups in total. The lowest BCUT2D eigenvalue weighted by atomic mass is 9.76. The molecule has 1 unspecified atom stereocenters. The van der Waals surface area contributed by atoms with Gasteiger partial charge in [0, 0.05) is 6.20 Å². The Bertz CT molecular complexity index is 1440. The van der Waals surface area contributed by atoms with Crippen LogP contribution in [-0.4, -0.2) is 14.7 Å². The molecular formula is C34H30N2O. The van der Waals surface area contributed by atoms with Crippen LogP contribution < -0.4 is 0 Å². The molecule has 1 aromatic heterocycles. The summed E-state index contributed by atoms with van der Waals surface area (Å²) in [6.45, 7) is 2.01. The molecule has 1 atom stereocenters. The lowest BCUT2D eigenvalue weighted by Gasteiger charge is -2.37. The first kappa shape index (κ1) is 23.2. The number of imidazole rings is 1. The Morgan fingerprint density at radius 2 is 1.32 bits per heavy atom. The minimum absolute atomic E-state index is 0.515. The Balaban J connectivity index is 1.58. The number of benzene rings is 4. The van der Waals surface area contributed by atoms with Gasteiger partial charge in [0.05, 0.1) is 12.0 Å². The molecule has 0 radical (unpaired) electrons. The van der Waals surface area contributed by atoms with Crippen LogP contribution in [0.1, 0.15) is 52.4 Å². The van der Waals surface area contributed by atoms with Gasteiger partial charge in [-0.3, -0.25) is 0 Å². The third-order valence-corrected chi connectivity index (χ3v) is 7.74. The molecule has 0 fully saturated rings. The lowest BCUT2D eigenvalue weighted by Crippen LogP contribution is -2.37. The molecule has 5 aromatic rings. The zero-order valence-electron chi connectivity index (χ0n) is 21.0. The van der Waals surface area contributed by atoms with Crippen molar-refractivity contribution in [2.75, 3.05) is 0 Å². The van der Waals surface area contributed by atoms with Gasteiger partial charge < -0.3 is 9.67 Å². The first-order valence-corrected chi connectivity index (χ1v) is 12.9. The Kier molecular flexibility index (Phi) is 5.86. The average molecular weight is 483 g/mol. The summed E-state index contributed by atoms with van der Waals surface area (Å²) in [6, 6.07) is 37.9. The largest absolute Gasteiger partial charge is 0.379 e. The van der Waals surface area contributed by atoms with E-state index in [-0.39, 0.29) is 0 Å². The lowest BCUT2D eigenvalue weighted by molar-refractivity contribution is 0.0721. The molecule has 3 nitrogen and oxygen atoms in total. The summed E-state index contributed by atoms with van der Waals surface area (Å²) in [5.41, 5.74) is 5.49.